The molecule has 3 rings (SSSR count). The van der Waals surface area contributed by atoms with E-state index in [1.54, 1.807) is 7.11 Å². The van der Waals surface area contributed by atoms with Gasteiger partial charge < -0.3 is 9.84 Å². The minimum Gasteiger partial charge on any atom is -0.494 e. The van der Waals surface area contributed by atoms with Crippen molar-refractivity contribution in [1.29, 1.82) is 0 Å². The van der Waals surface area contributed by atoms with E-state index in [-0.39, 0.29) is 6.61 Å². The summed E-state index contributed by atoms with van der Waals surface area (Å²) in [5, 5.41) is 17.8. The van der Waals surface area contributed by atoms with Crippen LogP contribution in [0.25, 0.3) is 5.65 Å². The Labute approximate surface area is 127 Å². The van der Waals surface area contributed by atoms with Crippen LogP contribution in [-0.4, -0.2) is 21.6 Å². The summed E-state index contributed by atoms with van der Waals surface area (Å²) >= 11 is 0. The molecule has 0 unspecified atom stereocenters. The molecule has 2 aromatic heterocycles. The summed E-state index contributed by atoms with van der Waals surface area (Å²) in [7, 11) is 1.60. The Balaban J connectivity index is 2.06. The highest BCUT2D eigenvalue weighted by Gasteiger charge is 2.09. The Morgan fingerprint density at radius 1 is 1.18 bits per heavy atom. The van der Waals surface area contributed by atoms with Gasteiger partial charge in [0.15, 0.2) is 5.82 Å². The lowest BCUT2D eigenvalue weighted by Crippen LogP contribution is -1.89. The summed E-state index contributed by atoms with van der Waals surface area (Å²) < 4.78 is 7.08. The van der Waals surface area contributed by atoms with Gasteiger partial charge in [-0.2, -0.15) is 0 Å². The molecule has 0 saturated heterocycles. The van der Waals surface area contributed by atoms with Gasteiger partial charge in [-0.05, 0) is 30.7 Å². The minimum absolute atomic E-state index is 0.0315. The number of aryl methyl sites for hydroxylation is 1. The van der Waals surface area contributed by atoms with Crippen molar-refractivity contribution in [3.63, 3.8) is 0 Å². The maximum atomic E-state index is 9.27. The molecule has 3 aromatic rings. The Bertz CT molecular complexity index is 839. The van der Waals surface area contributed by atoms with Crippen molar-refractivity contribution in [2.24, 2.45) is 10.2 Å². The molecule has 0 aliphatic carbocycles. The van der Waals surface area contributed by atoms with Crippen LogP contribution in [-0.2, 0) is 6.61 Å². The first-order valence-corrected chi connectivity index (χ1v) is 6.86. The summed E-state index contributed by atoms with van der Waals surface area (Å²) in [6.07, 6.45) is 1.81. The predicted octanol–water partition coefficient (Wildman–Crippen LogP) is 3.56. The number of fused-ring (bicyclic) bond motifs is 1. The van der Waals surface area contributed by atoms with Crippen LogP contribution < -0.4 is 4.74 Å². The third kappa shape index (κ3) is 2.56. The lowest BCUT2D eigenvalue weighted by atomic mass is 10.3. The van der Waals surface area contributed by atoms with Crippen LogP contribution in [0.15, 0.2) is 52.8 Å². The van der Waals surface area contributed by atoms with Gasteiger partial charge in [0, 0.05) is 6.20 Å². The van der Waals surface area contributed by atoms with Gasteiger partial charge in [0.05, 0.1) is 19.4 Å². The number of hydrogen-bond acceptors (Lipinski definition) is 5. The fraction of sp³-hybridized carbons (Fsp3) is 0.188. The molecule has 0 bridgehead atoms. The van der Waals surface area contributed by atoms with Gasteiger partial charge in [0.1, 0.15) is 17.1 Å². The van der Waals surface area contributed by atoms with Crippen LogP contribution in [0, 0.1) is 6.92 Å². The normalized spacial score (nSPS) is 11.4. The van der Waals surface area contributed by atoms with E-state index in [2.05, 4.69) is 15.2 Å². The second-order valence-electron chi connectivity index (χ2n) is 4.82. The Hall–Kier alpha value is -2.73. The molecule has 1 aromatic carbocycles. The molecule has 0 aliphatic rings. The first-order valence-electron chi connectivity index (χ1n) is 6.86. The number of ether oxygens (including phenoxy) is 1. The molecule has 22 heavy (non-hydrogen) atoms. The van der Waals surface area contributed by atoms with Gasteiger partial charge in [-0.1, -0.05) is 18.2 Å². The van der Waals surface area contributed by atoms with E-state index in [4.69, 9.17) is 4.74 Å². The lowest BCUT2D eigenvalue weighted by molar-refractivity contribution is 0.281. The minimum atomic E-state index is -0.0315. The van der Waals surface area contributed by atoms with Crippen LogP contribution in [0.1, 0.15) is 11.3 Å². The molecule has 2 heterocycles. The number of para-hydroxylation sites is 1. The first kappa shape index (κ1) is 14.2. The third-order valence-electron chi connectivity index (χ3n) is 3.34. The number of azo groups is 1. The highest BCUT2D eigenvalue weighted by Crippen LogP contribution is 2.29. The number of aliphatic hydroxyl groups is 1. The smallest absolute Gasteiger partial charge is 0.182 e. The summed E-state index contributed by atoms with van der Waals surface area (Å²) in [5.41, 5.74) is 2.98. The highest BCUT2D eigenvalue weighted by atomic mass is 16.5. The summed E-state index contributed by atoms with van der Waals surface area (Å²) in [4.78, 5) is 4.44. The zero-order valence-corrected chi connectivity index (χ0v) is 12.4. The van der Waals surface area contributed by atoms with Crippen molar-refractivity contribution in [2.45, 2.75) is 13.5 Å². The molecule has 1 N–H and O–H groups in total. The van der Waals surface area contributed by atoms with Crippen molar-refractivity contribution < 1.29 is 9.84 Å². The van der Waals surface area contributed by atoms with Gasteiger partial charge in [-0.15, -0.1) is 10.2 Å². The number of aromatic nitrogens is 2. The average molecular weight is 296 g/mol. The second kappa shape index (κ2) is 5.95. The molecule has 6 nitrogen and oxygen atoms in total. The molecule has 0 saturated carbocycles. The zero-order valence-electron chi connectivity index (χ0n) is 12.4. The van der Waals surface area contributed by atoms with E-state index in [9.17, 15) is 5.11 Å². The topological polar surface area (TPSA) is 71.5 Å². The van der Waals surface area contributed by atoms with E-state index in [0.29, 0.717) is 17.3 Å². The largest absolute Gasteiger partial charge is 0.494 e. The van der Waals surface area contributed by atoms with Crippen molar-refractivity contribution in [3.8, 4) is 5.75 Å². The lowest BCUT2D eigenvalue weighted by Gasteiger charge is -2.02. The summed E-state index contributed by atoms with van der Waals surface area (Å²) in [6, 6.07) is 11.1. The van der Waals surface area contributed by atoms with E-state index in [1.165, 1.54) is 0 Å². The zero-order chi connectivity index (χ0) is 15.5. The quantitative estimate of drug-likeness (QED) is 0.748. The first-order chi connectivity index (χ1) is 10.7. The summed E-state index contributed by atoms with van der Waals surface area (Å²) in [5.74, 6) is 1.30. The number of methoxy groups -OCH3 is 1. The second-order valence-corrected chi connectivity index (χ2v) is 4.82. The van der Waals surface area contributed by atoms with Crippen molar-refractivity contribution in [1.82, 2.24) is 9.38 Å². The molecule has 0 amide bonds. The summed E-state index contributed by atoms with van der Waals surface area (Å²) in [6.45, 7) is 1.85. The molecule has 0 radical (unpaired) electrons. The van der Waals surface area contributed by atoms with E-state index < -0.39 is 0 Å². The maximum absolute atomic E-state index is 9.27. The van der Waals surface area contributed by atoms with E-state index in [0.717, 1.165) is 16.9 Å². The number of hydrogen-bond donors (Lipinski definition) is 1. The monoisotopic (exact) mass is 296 g/mol. The average Bonchev–Trinajstić information content (AvgIpc) is 2.87. The molecule has 0 atom stereocenters. The Kier molecular flexibility index (Phi) is 3.84. The van der Waals surface area contributed by atoms with Gasteiger partial charge in [-0.3, -0.25) is 4.40 Å². The standard InChI is InChI=1S/C16H16N4O2/c1-11-16(19-18-13-5-3-4-6-14(13)22-2)20-9-12(10-21)7-8-15(20)17-11/h3-9,21H,10H2,1-2H3. The molecule has 0 fully saturated rings. The van der Waals surface area contributed by atoms with Crippen LogP contribution in [0.2, 0.25) is 0 Å². The molecule has 112 valence electrons. The van der Waals surface area contributed by atoms with E-state index in [1.807, 2.05) is 53.9 Å². The maximum Gasteiger partial charge on any atom is 0.182 e. The van der Waals surface area contributed by atoms with Crippen molar-refractivity contribution in [3.05, 3.63) is 53.9 Å². The molecule has 6 heteroatoms. The van der Waals surface area contributed by atoms with E-state index >= 15 is 0 Å². The molecular weight excluding hydrogens is 280 g/mol. The van der Waals surface area contributed by atoms with Crippen LogP contribution in [0.5, 0.6) is 5.75 Å². The number of nitrogens with zero attached hydrogens (tertiary/aromatic N) is 4. The Morgan fingerprint density at radius 2 is 2.00 bits per heavy atom. The fourth-order valence-corrected chi connectivity index (χ4v) is 2.22. The van der Waals surface area contributed by atoms with Crippen LogP contribution in [0.3, 0.4) is 0 Å². The number of aliphatic hydroxyl groups excluding tert-OH is 1. The molecule has 0 aliphatic heterocycles. The fourth-order valence-electron chi connectivity index (χ4n) is 2.22. The van der Waals surface area contributed by atoms with Gasteiger partial charge in [-0.25, -0.2) is 4.98 Å². The third-order valence-corrected chi connectivity index (χ3v) is 3.34. The predicted molar refractivity (Wildman–Crippen MR) is 83.0 cm³/mol. The van der Waals surface area contributed by atoms with Gasteiger partial charge >= 0.3 is 0 Å². The van der Waals surface area contributed by atoms with Crippen LogP contribution in [0.4, 0.5) is 11.5 Å². The van der Waals surface area contributed by atoms with Crippen molar-refractivity contribution >= 4 is 17.2 Å². The van der Waals surface area contributed by atoms with Gasteiger partial charge in [0.2, 0.25) is 0 Å². The SMILES string of the molecule is COc1ccccc1N=Nc1c(C)nc2ccc(CO)cn12. The highest BCUT2D eigenvalue weighted by molar-refractivity contribution is 5.54. The van der Waals surface area contributed by atoms with Crippen LogP contribution >= 0.6 is 0 Å². The molecular formula is C16H16N4O2. The number of benzene rings is 1. The van der Waals surface area contributed by atoms with Crippen molar-refractivity contribution in [2.75, 3.05) is 7.11 Å². The molecule has 0 spiro atoms. The van der Waals surface area contributed by atoms with Gasteiger partial charge in [0.25, 0.3) is 0 Å². The number of rotatable bonds is 4. The Morgan fingerprint density at radius 3 is 2.77 bits per heavy atom. The number of imidazole rings is 1. The number of pyridine rings is 1.